The second kappa shape index (κ2) is 6.20. The number of anilines is 1. The van der Waals surface area contributed by atoms with Crippen LogP contribution in [0, 0.1) is 16.0 Å². The number of methoxy groups -OCH3 is 1. The molecule has 0 saturated carbocycles. The molecule has 0 N–H and O–H groups in total. The molecule has 0 amide bonds. The Hall–Kier alpha value is -2.70. The fourth-order valence-electron chi connectivity index (χ4n) is 3.11. The Bertz CT molecular complexity index is 762. The summed E-state index contributed by atoms with van der Waals surface area (Å²) in [6.45, 7) is 1.33. The summed E-state index contributed by atoms with van der Waals surface area (Å²) in [5, 5.41) is 11.7. The van der Waals surface area contributed by atoms with Crippen LogP contribution in [0.15, 0.2) is 30.5 Å². The molecule has 1 atom stereocenters. The minimum absolute atomic E-state index is 0.0402. The fraction of sp³-hybridized carbons (Fsp3) is 0.375. The van der Waals surface area contributed by atoms with Gasteiger partial charge in [-0.05, 0) is 31.0 Å². The van der Waals surface area contributed by atoms with Crippen molar-refractivity contribution in [2.75, 3.05) is 25.1 Å². The van der Waals surface area contributed by atoms with Crippen molar-refractivity contribution in [3.63, 3.8) is 0 Å². The number of rotatable bonds is 3. The number of carbonyl (C=O) groups excluding carboxylic acids is 1. The van der Waals surface area contributed by atoms with E-state index in [-0.39, 0.29) is 17.6 Å². The Kier molecular flexibility index (Phi) is 4.10. The van der Waals surface area contributed by atoms with E-state index in [0.717, 1.165) is 25.1 Å². The molecule has 7 nitrogen and oxygen atoms in total. The largest absolute Gasteiger partial charge is 0.469 e. The molecular formula is C16H17N3O4. The first-order valence-corrected chi connectivity index (χ1v) is 7.46. The number of non-ortho nitro benzene ring substituents is 1. The van der Waals surface area contributed by atoms with Gasteiger partial charge in [0.1, 0.15) is 5.52 Å². The lowest BCUT2D eigenvalue weighted by atomic mass is 9.97. The molecule has 1 aromatic carbocycles. The maximum absolute atomic E-state index is 11.8. The summed E-state index contributed by atoms with van der Waals surface area (Å²) >= 11 is 0. The summed E-state index contributed by atoms with van der Waals surface area (Å²) in [7, 11) is 1.39. The van der Waals surface area contributed by atoms with Gasteiger partial charge >= 0.3 is 5.97 Å². The minimum Gasteiger partial charge on any atom is -0.469 e. The van der Waals surface area contributed by atoms with Crippen LogP contribution in [0.4, 0.5) is 11.4 Å². The summed E-state index contributed by atoms with van der Waals surface area (Å²) < 4.78 is 4.84. The number of nitro groups is 1. The van der Waals surface area contributed by atoms with Gasteiger partial charge in [-0.15, -0.1) is 0 Å². The van der Waals surface area contributed by atoms with E-state index in [0.29, 0.717) is 17.4 Å². The number of carbonyl (C=O) groups is 1. The molecular weight excluding hydrogens is 298 g/mol. The number of pyridine rings is 1. The molecule has 0 spiro atoms. The molecule has 1 aliphatic rings. The number of fused-ring (bicyclic) bond motifs is 1. The normalized spacial score (nSPS) is 18.0. The highest BCUT2D eigenvalue weighted by Crippen LogP contribution is 2.34. The number of nitro benzene ring substituents is 1. The van der Waals surface area contributed by atoms with Gasteiger partial charge in [0.05, 0.1) is 29.0 Å². The first kappa shape index (κ1) is 15.2. The van der Waals surface area contributed by atoms with Crippen LogP contribution in [-0.2, 0) is 9.53 Å². The van der Waals surface area contributed by atoms with Gasteiger partial charge in [0.15, 0.2) is 0 Å². The Balaban J connectivity index is 2.02. The summed E-state index contributed by atoms with van der Waals surface area (Å²) in [5.74, 6) is -0.392. The molecule has 2 aromatic rings. The second-order valence-corrected chi connectivity index (χ2v) is 5.57. The predicted molar refractivity (Wildman–Crippen MR) is 85.4 cm³/mol. The third-order valence-corrected chi connectivity index (χ3v) is 4.22. The number of hydrogen-bond acceptors (Lipinski definition) is 6. The quantitative estimate of drug-likeness (QED) is 0.491. The molecule has 3 rings (SSSR count). The third kappa shape index (κ3) is 2.81. The maximum atomic E-state index is 11.8. The van der Waals surface area contributed by atoms with Crippen molar-refractivity contribution < 1.29 is 14.5 Å². The molecule has 120 valence electrons. The molecule has 1 aliphatic heterocycles. The monoisotopic (exact) mass is 315 g/mol. The summed E-state index contributed by atoms with van der Waals surface area (Å²) in [5.41, 5.74) is 1.45. The zero-order chi connectivity index (χ0) is 16.4. The van der Waals surface area contributed by atoms with Crippen LogP contribution in [0.5, 0.6) is 0 Å². The van der Waals surface area contributed by atoms with Crippen LogP contribution in [0.3, 0.4) is 0 Å². The van der Waals surface area contributed by atoms with Gasteiger partial charge in [-0.25, -0.2) is 0 Å². The molecule has 7 heteroatoms. The molecule has 0 aliphatic carbocycles. The van der Waals surface area contributed by atoms with Gasteiger partial charge in [-0.2, -0.15) is 0 Å². The van der Waals surface area contributed by atoms with E-state index < -0.39 is 4.92 Å². The summed E-state index contributed by atoms with van der Waals surface area (Å²) in [6, 6.07) is 6.60. The van der Waals surface area contributed by atoms with E-state index in [1.54, 1.807) is 24.4 Å². The topological polar surface area (TPSA) is 85.6 Å². The second-order valence-electron chi connectivity index (χ2n) is 5.57. The average molecular weight is 315 g/mol. The molecule has 1 saturated heterocycles. The lowest BCUT2D eigenvalue weighted by molar-refractivity contribution is -0.383. The Labute approximate surface area is 133 Å². The van der Waals surface area contributed by atoms with Crippen LogP contribution < -0.4 is 4.90 Å². The maximum Gasteiger partial charge on any atom is 0.310 e. The van der Waals surface area contributed by atoms with Crippen molar-refractivity contribution in [1.29, 1.82) is 0 Å². The highest BCUT2D eigenvalue weighted by molar-refractivity contribution is 5.97. The van der Waals surface area contributed by atoms with Gasteiger partial charge < -0.3 is 9.64 Å². The minimum atomic E-state index is -0.402. The highest BCUT2D eigenvalue weighted by atomic mass is 16.6. The van der Waals surface area contributed by atoms with E-state index in [1.165, 1.54) is 13.2 Å². The van der Waals surface area contributed by atoms with Crippen LogP contribution in [0.25, 0.3) is 10.9 Å². The van der Waals surface area contributed by atoms with E-state index in [1.807, 2.05) is 0 Å². The Morgan fingerprint density at radius 3 is 3.00 bits per heavy atom. The van der Waals surface area contributed by atoms with Crippen molar-refractivity contribution in [2.24, 2.45) is 5.92 Å². The number of hydrogen-bond donors (Lipinski definition) is 0. The van der Waals surface area contributed by atoms with E-state index in [9.17, 15) is 14.9 Å². The zero-order valence-corrected chi connectivity index (χ0v) is 12.8. The number of ether oxygens (including phenoxy) is 1. The smallest absolute Gasteiger partial charge is 0.310 e. The number of aromatic nitrogens is 1. The number of piperidine rings is 1. The van der Waals surface area contributed by atoms with Crippen LogP contribution in [0.1, 0.15) is 12.8 Å². The zero-order valence-electron chi connectivity index (χ0n) is 12.8. The molecule has 1 unspecified atom stereocenters. The fourth-order valence-corrected chi connectivity index (χ4v) is 3.11. The van der Waals surface area contributed by atoms with E-state index >= 15 is 0 Å². The summed E-state index contributed by atoms with van der Waals surface area (Å²) in [6.07, 6.45) is 3.28. The molecule has 1 aromatic heterocycles. The average Bonchev–Trinajstić information content (AvgIpc) is 2.60. The first-order chi connectivity index (χ1) is 11.1. The molecule has 2 heterocycles. The SMILES string of the molecule is COC(=O)C1CCCN(c2ccc([N+](=O)[O-])c3cccnc23)C1. The third-order valence-electron chi connectivity index (χ3n) is 4.22. The van der Waals surface area contributed by atoms with E-state index in [4.69, 9.17) is 4.74 Å². The summed E-state index contributed by atoms with van der Waals surface area (Å²) in [4.78, 5) is 29.0. The van der Waals surface area contributed by atoms with E-state index in [2.05, 4.69) is 9.88 Å². The van der Waals surface area contributed by atoms with Crippen LogP contribution >= 0.6 is 0 Å². The molecule has 0 radical (unpaired) electrons. The number of esters is 1. The number of benzene rings is 1. The van der Waals surface area contributed by atoms with Gasteiger partial charge in [0, 0.05) is 25.4 Å². The lowest BCUT2D eigenvalue weighted by Gasteiger charge is -2.33. The van der Waals surface area contributed by atoms with Gasteiger partial charge in [-0.3, -0.25) is 19.9 Å². The molecule has 1 fully saturated rings. The van der Waals surface area contributed by atoms with Gasteiger partial charge in [-0.1, -0.05) is 0 Å². The first-order valence-electron chi connectivity index (χ1n) is 7.46. The molecule has 0 bridgehead atoms. The van der Waals surface area contributed by atoms with Crippen molar-refractivity contribution in [3.8, 4) is 0 Å². The predicted octanol–water partition coefficient (Wildman–Crippen LogP) is 2.53. The van der Waals surface area contributed by atoms with Crippen molar-refractivity contribution in [3.05, 3.63) is 40.6 Å². The standard InChI is InChI=1S/C16H17N3O4/c1-23-16(20)11-4-3-9-18(10-11)14-7-6-13(19(21)22)12-5-2-8-17-15(12)14/h2,5-8,11H,3-4,9-10H2,1H3. The lowest BCUT2D eigenvalue weighted by Crippen LogP contribution is -2.39. The van der Waals surface area contributed by atoms with Crippen molar-refractivity contribution in [2.45, 2.75) is 12.8 Å². The van der Waals surface area contributed by atoms with Crippen molar-refractivity contribution >= 4 is 28.2 Å². The van der Waals surface area contributed by atoms with Gasteiger partial charge in [0.2, 0.25) is 0 Å². The van der Waals surface area contributed by atoms with Crippen LogP contribution in [0.2, 0.25) is 0 Å². The van der Waals surface area contributed by atoms with Crippen molar-refractivity contribution in [1.82, 2.24) is 4.98 Å². The molecule has 23 heavy (non-hydrogen) atoms. The van der Waals surface area contributed by atoms with Gasteiger partial charge in [0.25, 0.3) is 5.69 Å². The number of nitrogens with zero attached hydrogens (tertiary/aromatic N) is 3. The Morgan fingerprint density at radius 1 is 1.43 bits per heavy atom. The Morgan fingerprint density at radius 2 is 2.26 bits per heavy atom. The van der Waals surface area contributed by atoms with Crippen LogP contribution in [-0.4, -0.2) is 36.1 Å². The highest BCUT2D eigenvalue weighted by Gasteiger charge is 2.28.